The third kappa shape index (κ3) is 3.52. The van der Waals surface area contributed by atoms with Crippen LogP contribution in [-0.2, 0) is 6.54 Å². The first kappa shape index (κ1) is 15.9. The molecule has 0 spiro atoms. The van der Waals surface area contributed by atoms with Crippen LogP contribution in [0.2, 0.25) is 0 Å². The number of nitrogens with zero attached hydrogens (tertiary/aromatic N) is 3. The second-order valence-electron chi connectivity index (χ2n) is 5.67. The van der Waals surface area contributed by atoms with Gasteiger partial charge < -0.3 is 15.2 Å². The van der Waals surface area contributed by atoms with Crippen molar-refractivity contribution >= 4 is 17.0 Å². The van der Waals surface area contributed by atoms with Crippen molar-refractivity contribution in [3.05, 3.63) is 48.5 Å². The predicted octanol–water partition coefficient (Wildman–Crippen LogP) is 3.25. The minimum Gasteiger partial charge on any atom is -0.464 e. The average molecular weight is 326 g/mol. The summed E-state index contributed by atoms with van der Waals surface area (Å²) in [7, 11) is 0. The first-order valence-electron chi connectivity index (χ1n) is 7.59. The summed E-state index contributed by atoms with van der Waals surface area (Å²) < 4.78 is 6.93. The van der Waals surface area contributed by atoms with Crippen molar-refractivity contribution in [1.82, 2.24) is 19.9 Å². The van der Waals surface area contributed by atoms with Gasteiger partial charge in [-0.05, 0) is 24.3 Å². The second-order valence-corrected chi connectivity index (χ2v) is 5.67. The number of rotatable bonds is 5. The zero-order valence-corrected chi connectivity index (χ0v) is 13.4. The van der Waals surface area contributed by atoms with Gasteiger partial charge in [0.15, 0.2) is 0 Å². The van der Waals surface area contributed by atoms with E-state index in [1.807, 2.05) is 0 Å². The Morgan fingerprint density at radius 1 is 1.29 bits per heavy atom. The summed E-state index contributed by atoms with van der Waals surface area (Å²) in [4.78, 5) is 19.4. The lowest BCUT2D eigenvalue weighted by Crippen LogP contribution is -2.22. The highest BCUT2D eigenvalue weighted by Crippen LogP contribution is 2.25. The standard InChI is InChI=1S/C17H18N4O3/c1-11(2)18-9-13-8-16(20-10-19-13)24-14-3-4-15-12(7-14)5-6-21(15)17(22)23/h3-8,10-11,18H,9H2,1-2H3,(H,22,23). The number of benzene rings is 1. The Morgan fingerprint density at radius 3 is 2.88 bits per heavy atom. The molecule has 0 saturated heterocycles. The van der Waals surface area contributed by atoms with E-state index in [1.165, 1.54) is 17.1 Å². The molecule has 0 radical (unpaired) electrons. The summed E-state index contributed by atoms with van der Waals surface area (Å²) in [6, 6.07) is 9.08. The third-order valence-electron chi connectivity index (χ3n) is 3.48. The fourth-order valence-electron chi connectivity index (χ4n) is 2.31. The Morgan fingerprint density at radius 2 is 2.12 bits per heavy atom. The Balaban J connectivity index is 1.79. The van der Waals surface area contributed by atoms with Gasteiger partial charge in [0.1, 0.15) is 12.1 Å². The van der Waals surface area contributed by atoms with Gasteiger partial charge in [-0.3, -0.25) is 4.57 Å². The van der Waals surface area contributed by atoms with Crippen LogP contribution < -0.4 is 10.1 Å². The highest BCUT2D eigenvalue weighted by molar-refractivity contribution is 5.89. The van der Waals surface area contributed by atoms with Crippen molar-refractivity contribution in [2.45, 2.75) is 26.4 Å². The molecule has 0 unspecified atom stereocenters. The molecular formula is C17H18N4O3. The van der Waals surface area contributed by atoms with Crippen molar-refractivity contribution in [3.63, 3.8) is 0 Å². The number of aromatic nitrogens is 3. The van der Waals surface area contributed by atoms with Crippen LogP contribution in [0.3, 0.4) is 0 Å². The molecule has 1 aromatic carbocycles. The molecule has 0 aliphatic carbocycles. The van der Waals surface area contributed by atoms with Crippen LogP contribution in [0.15, 0.2) is 42.9 Å². The summed E-state index contributed by atoms with van der Waals surface area (Å²) in [6.45, 7) is 4.77. The Kier molecular flexibility index (Phi) is 4.43. The van der Waals surface area contributed by atoms with E-state index >= 15 is 0 Å². The summed E-state index contributed by atoms with van der Waals surface area (Å²) in [5, 5.41) is 13.2. The van der Waals surface area contributed by atoms with E-state index in [0.717, 1.165) is 11.1 Å². The maximum Gasteiger partial charge on any atom is 0.415 e. The Labute approximate surface area is 138 Å². The van der Waals surface area contributed by atoms with E-state index in [0.29, 0.717) is 29.7 Å². The molecule has 0 atom stereocenters. The van der Waals surface area contributed by atoms with Crippen LogP contribution in [-0.4, -0.2) is 31.8 Å². The van der Waals surface area contributed by atoms with Gasteiger partial charge >= 0.3 is 6.09 Å². The minimum atomic E-state index is -1.02. The number of carboxylic acid groups (broad SMARTS) is 1. The molecule has 2 N–H and O–H groups in total. The number of nitrogens with one attached hydrogen (secondary N) is 1. The molecule has 0 aliphatic rings. The Hall–Kier alpha value is -2.93. The molecule has 7 heteroatoms. The predicted molar refractivity (Wildman–Crippen MR) is 89.4 cm³/mol. The lowest BCUT2D eigenvalue weighted by atomic mass is 10.2. The lowest BCUT2D eigenvalue weighted by molar-refractivity contribution is 0.197. The SMILES string of the molecule is CC(C)NCc1cc(Oc2ccc3c(ccn3C(=O)O)c2)ncn1. The van der Waals surface area contributed by atoms with Crippen LogP contribution in [0.5, 0.6) is 11.6 Å². The largest absolute Gasteiger partial charge is 0.464 e. The third-order valence-corrected chi connectivity index (χ3v) is 3.48. The molecule has 0 aliphatic heterocycles. The summed E-state index contributed by atoms with van der Waals surface area (Å²) in [6.07, 6.45) is 1.96. The molecule has 2 aromatic heterocycles. The first-order valence-corrected chi connectivity index (χ1v) is 7.59. The molecule has 3 aromatic rings. The van der Waals surface area contributed by atoms with Gasteiger partial charge in [-0.1, -0.05) is 13.8 Å². The molecule has 0 fully saturated rings. The summed E-state index contributed by atoms with van der Waals surface area (Å²) >= 11 is 0. The highest BCUT2D eigenvalue weighted by atomic mass is 16.5. The van der Waals surface area contributed by atoms with Crippen molar-refractivity contribution in [2.75, 3.05) is 0 Å². The van der Waals surface area contributed by atoms with Crippen LogP contribution in [0.4, 0.5) is 4.79 Å². The topological polar surface area (TPSA) is 89.3 Å². The minimum absolute atomic E-state index is 0.366. The van der Waals surface area contributed by atoms with E-state index in [2.05, 4.69) is 29.1 Å². The number of hydrogen-bond acceptors (Lipinski definition) is 5. The smallest absolute Gasteiger partial charge is 0.415 e. The van der Waals surface area contributed by atoms with Crippen molar-refractivity contribution < 1.29 is 14.6 Å². The number of fused-ring (bicyclic) bond motifs is 1. The van der Waals surface area contributed by atoms with Gasteiger partial charge in [0, 0.05) is 30.2 Å². The second kappa shape index (κ2) is 6.67. The van der Waals surface area contributed by atoms with Gasteiger partial charge in [0.25, 0.3) is 0 Å². The molecule has 7 nitrogen and oxygen atoms in total. The van der Waals surface area contributed by atoms with E-state index in [-0.39, 0.29) is 0 Å². The number of hydrogen-bond donors (Lipinski definition) is 2. The highest BCUT2D eigenvalue weighted by Gasteiger charge is 2.08. The van der Waals surface area contributed by atoms with Crippen LogP contribution in [0, 0.1) is 0 Å². The van der Waals surface area contributed by atoms with Gasteiger partial charge in [-0.15, -0.1) is 0 Å². The fourth-order valence-corrected chi connectivity index (χ4v) is 2.31. The van der Waals surface area contributed by atoms with Crippen molar-refractivity contribution in [3.8, 4) is 11.6 Å². The molecule has 24 heavy (non-hydrogen) atoms. The lowest BCUT2D eigenvalue weighted by Gasteiger charge is -2.09. The first-order chi connectivity index (χ1) is 11.5. The van der Waals surface area contributed by atoms with E-state index < -0.39 is 6.09 Å². The summed E-state index contributed by atoms with van der Waals surface area (Å²) in [5.74, 6) is 1.04. The van der Waals surface area contributed by atoms with Crippen LogP contribution >= 0.6 is 0 Å². The van der Waals surface area contributed by atoms with Gasteiger partial charge in [0.05, 0.1) is 11.2 Å². The fraction of sp³-hybridized carbons (Fsp3) is 0.235. The monoisotopic (exact) mass is 326 g/mol. The van der Waals surface area contributed by atoms with Gasteiger partial charge in [0.2, 0.25) is 5.88 Å². The molecule has 0 saturated carbocycles. The molecule has 0 amide bonds. The number of ether oxygens (including phenoxy) is 1. The normalized spacial score (nSPS) is 11.1. The van der Waals surface area contributed by atoms with Crippen molar-refractivity contribution in [2.24, 2.45) is 0 Å². The molecule has 3 rings (SSSR count). The molecular weight excluding hydrogens is 308 g/mol. The van der Waals surface area contributed by atoms with Crippen LogP contribution in [0.25, 0.3) is 10.9 Å². The van der Waals surface area contributed by atoms with Gasteiger partial charge in [-0.25, -0.2) is 14.8 Å². The zero-order valence-electron chi connectivity index (χ0n) is 13.4. The Bertz CT molecular complexity index is 873. The summed E-state index contributed by atoms with van der Waals surface area (Å²) in [5.41, 5.74) is 1.45. The maximum absolute atomic E-state index is 11.1. The molecule has 124 valence electrons. The van der Waals surface area contributed by atoms with E-state index in [1.54, 1.807) is 30.3 Å². The zero-order chi connectivity index (χ0) is 17.1. The van der Waals surface area contributed by atoms with E-state index in [9.17, 15) is 4.79 Å². The number of carbonyl (C=O) groups is 1. The maximum atomic E-state index is 11.1. The van der Waals surface area contributed by atoms with Gasteiger partial charge in [-0.2, -0.15) is 0 Å². The molecule has 0 bridgehead atoms. The van der Waals surface area contributed by atoms with Crippen molar-refractivity contribution in [1.29, 1.82) is 0 Å². The average Bonchev–Trinajstić information content (AvgIpc) is 2.96. The van der Waals surface area contributed by atoms with E-state index in [4.69, 9.17) is 9.84 Å². The quantitative estimate of drug-likeness (QED) is 0.748. The van der Waals surface area contributed by atoms with Crippen LogP contribution in [0.1, 0.15) is 19.5 Å². The molecule has 2 heterocycles.